The lowest BCUT2D eigenvalue weighted by Crippen LogP contribution is -2.11. The van der Waals surface area contributed by atoms with E-state index in [4.69, 9.17) is 0 Å². The van der Waals surface area contributed by atoms with Gasteiger partial charge in [0, 0.05) is 11.6 Å². The highest BCUT2D eigenvalue weighted by Gasteiger charge is 2.06. The van der Waals surface area contributed by atoms with Gasteiger partial charge in [-0.3, -0.25) is 4.79 Å². The van der Waals surface area contributed by atoms with Crippen molar-refractivity contribution in [3.63, 3.8) is 0 Å². The summed E-state index contributed by atoms with van der Waals surface area (Å²) in [7, 11) is 0. The summed E-state index contributed by atoms with van der Waals surface area (Å²) in [6, 6.07) is 9.52. The van der Waals surface area contributed by atoms with Crippen LogP contribution >= 0.6 is 0 Å². The third-order valence-corrected chi connectivity index (χ3v) is 2.64. The van der Waals surface area contributed by atoms with E-state index in [1.54, 1.807) is 6.07 Å². The van der Waals surface area contributed by atoms with Crippen LogP contribution in [0.2, 0.25) is 0 Å². The minimum Gasteiger partial charge on any atom is -0.307 e. The standard InChI is InChI=1S/C14H16N2O/c1-9(2)12-8-13(17)16-14(15-12)11-6-4-5-10(3)7-11/h4-9H,1-3H3,(H,15,16,17). The number of hydrogen-bond donors (Lipinski definition) is 1. The van der Waals surface area contributed by atoms with Crippen molar-refractivity contribution >= 4 is 0 Å². The van der Waals surface area contributed by atoms with Crippen molar-refractivity contribution in [2.45, 2.75) is 26.7 Å². The molecule has 1 N–H and O–H groups in total. The van der Waals surface area contributed by atoms with Crippen LogP contribution in [0.1, 0.15) is 31.0 Å². The number of hydrogen-bond acceptors (Lipinski definition) is 2. The van der Waals surface area contributed by atoms with Gasteiger partial charge < -0.3 is 4.98 Å². The monoisotopic (exact) mass is 228 g/mol. The van der Waals surface area contributed by atoms with Gasteiger partial charge >= 0.3 is 0 Å². The van der Waals surface area contributed by atoms with Crippen LogP contribution in [0, 0.1) is 6.92 Å². The Bertz CT molecular complexity index is 585. The second-order valence-electron chi connectivity index (χ2n) is 4.54. The van der Waals surface area contributed by atoms with Crippen molar-refractivity contribution in [3.8, 4) is 11.4 Å². The molecule has 0 atom stereocenters. The van der Waals surface area contributed by atoms with Gasteiger partial charge in [-0.25, -0.2) is 4.98 Å². The quantitative estimate of drug-likeness (QED) is 0.859. The Labute approximate surface area is 101 Å². The maximum atomic E-state index is 11.6. The maximum absolute atomic E-state index is 11.6. The van der Waals surface area contributed by atoms with E-state index in [0.717, 1.165) is 16.8 Å². The molecule has 0 bridgehead atoms. The van der Waals surface area contributed by atoms with Crippen molar-refractivity contribution in [3.05, 3.63) is 51.9 Å². The molecule has 0 fully saturated rings. The Hall–Kier alpha value is -1.90. The summed E-state index contributed by atoms with van der Waals surface area (Å²) < 4.78 is 0. The molecule has 0 aliphatic heterocycles. The molecule has 2 rings (SSSR count). The first-order chi connectivity index (χ1) is 8.06. The second kappa shape index (κ2) is 4.53. The topological polar surface area (TPSA) is 45.8 Å². The number of aromatic nitrogens is 2. The molecule has 0 saturated heterocycles. The molecule has 0 aliphatic carbocycles. The molecule has 0 spiro atoms. The Morgan fingerprint density at radius 3 is 2.65 bits per heavy atom. The highest BCUT2D eigenvalue weighted by atomic mass is 16.1. The molecule has 3 heteroatoms. The van der Waals surface area contributed by atoms with Gasteiger partial charge in [0.1, 0.15) is 5.82 Å². The van der Waals surface area contributed by atoms with E-state index < -0.39 is 0 Å². The normalized spacial score (nSPS) is 10.8. The van der Waals surface area contributed by atoms with Gasteiger partial charge in [0.15, 0.2) is 0 Å². The highest BCUT2D eigenvalue weighted by Crippen LogP contribution is 2.17. The van der Waals surface area contributed by atoms with E-state index in [0.29, 0.717) is 5.82 Å². The number of rotatable bonds is 2. The molecular weight excluding hydrogens is 212 g/mol. The van der Waals surface area contributed by atoms with E-state index in [-0.39, 0.29) is 11.5 Å². The lowest BCUT2D eigenvalue weighted by molar-refractivity contribution is 0.812. The van der Waals surface area contributed by atoms with Crippen molar-refractivity contribution in [1.82, 2.24) is 9.97 Å². The van der Waals surface area contributed by atoms with Crippen LogP contribution in [-0.4, -0.2) is 9.97 Å². The smallest absolute Gasteiger partial charge is 0.251 e. The van der Waals surface area contributed by atoms with Gasteiger partial charge in [0.25, 0.3) is 5.56 Å². The molecule has 0 saturated carbocycles. The molecule has 1 heterocycles. The number of aromatic amines is 1. The minimum absolute atomic E-state index is 0.0970. The summed E-state index contributed by atoms with van der Waals surface area (Å²) in [6.45, 7) is 6.08. The van der Waals surface area contributed by atoms with Crippen LogP contribution in [0.15, 0.2) is 35.1 Å². The zero-order valence-corrected chi connectivity index (χ0v) is 10.3. The van der Waals surface area contributed by atoms with Crippen molar-refractivity contribution in [2.24, 2.45) is 0 Å². The van der Waals surface area contributed by atoms with E-state index in [1.807, 2.05) is 45.0 Å². The highest BCUT2D eigenvalue weighted by molar-refractivity contribution is 5.55. The van der Waals surface area contributed by atoms with Crippen LogP contribution in [0.4, 0.5) is 0 Å². The largest absolute Gasteiger partial charge is 0.307 e. The van der Waals surface area contributed by atoms with Crippen molar-refractivity contribution < 1.29 is 0 Å². The average Bonchev–Trinajstić information content (AvgIpc) is 2.28. The fourth-order valence-corrected chi connectivity index (χ4v) is 1.70. The van der Waals surface area contributed by atoms with Crippen molar-refractivity contribution in [2.75, 3.05) is 0 Å². The van der Waals surface area contributed by atoms with Crippen LogP contribution in [0.5, 0.6) is 0 Å². The molecule has 0 radical (unpaired) electrons. The third kappa shape index (κ3) is 2.61. The Balaban J connectivity index is 2.56. The third-order valence-electron chi connectivity index (χ3n) is 2.64. The predicted molar refractivity (Wildman–Crippen MR) is 69.1 cm³/mol. The van der Waals surface area contributed by atoms with E-state index in [2.05, 4.69) is 9.97 Å². The van der Waals surface area contributed by atoms with Gasteiger partial charge in [0.05, 0.1) is 5.69 Å². The Morgan fingerprint density at radius 2 is 2.00 bits per heavy atom. The van der Waals surface area contributed by atoms with Crippen LogP contribution in [0.3, 0.4) is 0 Å². The van der Waals surface area contributed by atoms with E-state index >= 15 is 0 Å². The summed E-state index contributed by atoms with van der Waals surface area (Å²) >= 11 is 0. The second-order valence-corrected chi connectivity index (χ2v) is 4.54. The lowest BCUT2D eigenvalue weighted by atomic mass is 10.1. The predicted octanol–water partition coefficient (Wildman–Crippen LogP) is 2.87. The lowest BCUT2D eigenvalue weighted by Gasteiger charge is -2.07. The number of H-pyrrole nitrogens is 1. The first-order valence-corrected chi connectivity index (χ1v) is 5.74. The van der Waals surface area contributed by atoms with Gasteiger partial charge in [-0.1, -0.05) is 37.6 Å². The molecule has 1 aromatic heterocycles. The Kier molecular flexibility index (Phi) is 3.09. The van der Waals surface area contributed by atoms with Gasteiger partial charge in [-0.15, -0.1) is 0 Å². The molecule has 2 aromatic rings. The molecule has 3 nitrogen and oxygen atoms in total. The summed E-state index contributed by atoms with van der Waals surface area (Å²) in [5.41, 5.74) is 2.83. The molecule has 1 aromatic carbocycles. The Morgan fingerprint density at radius 1 is 1.24 bits per heavy atom. The number of benzene rings is 1. The number of aryl methyl sites for hydroxylation is 1. The average molecular weight is 228 g/mol. The molecule has 88 valence electrons. The summed E-state index contributed by atoms with van der Waals surface area (Å²) in [4.78, 5) is 18.8. The SMILES string of the molecule is Cc1cccc(-c2nc(C(C)C)cc(=O)[nH]2)c1. The van der Waals surface area contributed by atoms with Gasteiger partial charge in [-0.2, -0.15) is 0 Å². The first-order valence-electron chi connectivity index (χ1n) is 5.74. The summed E-state index contributed by atoms with van der Waals surface area (Å²) in [5, 5.41) is 0. The fourth-order valence-electron chi connectivity index (χ4n) is 1.70. The number of nitrogens with one attached hydrogen (secondary N) is 1. The van der Waals surface area contributed by atoms with Crippen LogP contribution < -0.4 is 5.56 Å². The molecular formula is C14H16N2O. The minimum atomic E-state index is -0.0970. The summed E-state index contributed by atoms with van der Waals surface area (Å²) in [5.74, 6) is 0.894. The van der Waals surface area contributed by atoms with E-state index in [1.165, 1.54) is 0 Å². The zero-order valence-electron chi connectivity index (χ0n) is 10.3. The maximum Gasteiger partial charge on any atom is 0.251 e. The van der Waals surface area contributed by atoms with Crippen LogP contribution in [-0.2, 0) is 0 Å². The summed E-state index contributed by atoms with van der Waals surface area (Å²) in [6.07, 6.45) is 0. The van der Waals surface area contributed by atoms with Crippen molar-refractivity contribution in [1.29, 1.82) is 0 Å². The first kappa shape index (κ1) is 11.6. The number of nitrogens with zero attached hydrogens (tertiary/aromatic N) is 1. The van der Waals surface area contributed by atoms with Gasteiger partial charge in [0.2, 0.25) is 0 Å². The van der Waals surface area contributed by atoms with Gasteiger partial charge in [-0.05, 0) is 18.9 Å². The molecule has 0 aliphatic rings. The molecule has 17 heavy (non-hydrogen) atoms. The molecule has 0 unspecified atom stereocenters. The molecule has 0 amide bonds. The van der Waals surface area contributed by atoms with E-state index in [9.17, 15) is 4.79 Å². The van der Waals surface area contributed by atoms with Crippen LogP contribution in [0.25, 0.3) is 11.4 Å². The fraction of sp³-hybridized carbons (Fsp3) is 0.286. The zero-order chi connectivity index (χ0) is 12.4.